The van der Waals surface area contributed by atoms with Crippen LogP contribution in [0.15, 0.2) is 23.6 Å². The third kappa shape index (κ3) is 2.77. The maximum atomic E-state index is 9.39. The average molecular weight is 311 g/mol. The predicted octanol–water partition coefficient (Wildman–Crippen LogP) is 3.37. The second-order valence-corrected chi connectivity index (χ2v) is 6.51. The van der Waals surface area contributed by atoms with Gasteiger partial charge in [0.05, 0.1) is 0 Å². The molecule has 1 aliphatic rings. The van der Waals surface area contributed by atoms with Gasteiger partial charge in [-0.2, -0.15) is 5.26 Å². The van der Waals surface area contributed by atoms with Crippen LogP contribution >= 0.6 is 11.8 Å². The molecular formula is C16H17N5S. The molecular weight excluding hydrogens is 294 g/mol. The molecule has 0 atom stereocenters. The van der Waals surface area contributed by atoms with Crippen LogP contribution in [0.3, 0.4) is 0 Å². The van der Waals surface area contributed by atoms with Gasteiger partial charge in [0.2, 0.25) is 0 Å². The molecule has 2 heterocycles. The van der Waals surface area contributed by atoms with E-state index >= 15 is 0 Å². The monoisotopic (exact) mass is 311 g/mol. The van der Waals surface area contributed by atoms with Crippen molar-refractivity contribution in [3.8, 4) is 17.2 Å². The highest BCUT2D eigenvalue weighted by Gasteiger charge is 2.23. The molecule has 0 spiro atoms. The van der Waals surface area contributed by atoms with Gasteiger partial charge in [-0.3, -0.25) is 0 Å². The van der Waals surface area contributed by atoms with Gasteiger partial charge in [0.1, 0.15) is 17.5 Å². The lowest BCUT2D eigenvalue weighted by Crippen LogP contribution is -2.12. The maximum Gasteiger partial charge on any atom is 0.187 e. The van der Waals surface area contributed by atoms with Gasteiger partial charge >= 0.3 is 0 Å². The van der Waals surface area contributed by atoms with E-state index in [2.05, 4.69) is 27.9 Å². The van der Waals surface area contributed by atoms with E-state index in [-0.39, 0.29) is 0 Å². The quantitative estimate of drug-likeness (QED) is 0.688. The molecule has 6 heteroatoms. The van der Waals surface area contributed by atoms with E-state index in [0.717, 1.165) is 40.6 Å². The van der Waals surface area contributed by atoms with Gasteiger partial charge in [-0.25, -0.2) is 15.0 Å². The summed E-state index contributed by atoms with van der Waals surface area (Å²) >= 11 is 1.59. The molecule has 3 rings (SSSR count). The molecule has 2 aromatic rings. The molecule has 5 nitrogen and oxygen atoms in total. The minimum Gasteiger partial charge on any atom is -0.383 e. The second kappa shape index (κ2) is 6.32. The summed E-state index contributed by atoms with van der Waals surface area (Å²) in [4.78, 5) is 13.1. The summed E-state index contributed by atoms with van der Waals surface area (Å²) in [6.45, 7) is 2.06. The third-order valence-electron chi connectivity index (χ3n) is 3.92. The Labute approximate surface area is 134 Å². The SMILES string of the molecule is CCSc1ncc(-c2cc(C3CCC3)nc(N)c2C#N)cn1. The molecule has 0 saturated heterocycles. The minimum absolute atomic E-state index is 0.300. The number of nitrogen functional groups attached to an aromatic ring is 1. The number of aromatic nitrogens is 3. The Morgan fingerprint density at radius 3 is 2.64 bits per heavy atom. The number of hydrogen-bond acceptors (Lipinski definition) is 6. The Morgan fingerprint density at radius 1 is 1.36 bits per heavy atom. The van der Waals surface area contributed by atoms with Crippen molar-refractivity contribution in [1.82, 2.24) is 15.0 Å². The highest BCUT2D eigenvalue weighted by molar-refractivity contribution is 7.99. The number of thioether (sulfide) groups is 1. The van der Waals surface area contributed by atoms with Crippen molar-refractivity contribution in [2.75, 3.05) is 11.5 Å². The van der Waals surface area contributed by atoms with Gasteiger partial charge in [-0.1, -0.05) is 25.1 Å². The second-order valence-electron chi connectivity index (χ2n) is 5.28. The number of nitrogens with zero attached hydrogens (tertiary/aromatic N) is 4. The minimum atomic E-state index is 0.300. The molecule has 1 fully saturated rings. The van der Waals surface area contributed by atoms with E-state index in [1.54, 1.807) is 24.2 Å². The van der Waals surface area contributed by atoms with Crippen LogP contribution in [0.4, 0.5) is 5.82 Å². The number of nitriles is 1. The lowest BCUT2D eigenvalue weighted by molar-refractivity contribution is 0.411. The number of pyridine rings is 1. The molecule has 0 aromatic carbocycles. The number of rotatable bonds is 4. The van der Waals surface area contributed by atoms with E-state index in [1.165, 1.54) is 6.42 Å². The van der Waals surface area contributed by atoms with Crippen molar-refractivity contribution in [3.05, 3.63) is 29.7 Å². The molecule has 0 aliphatic heterocycles. The molecule has 0 radical (unpaired) electrons. The first-order valence-corrected chi connectivity index (χ1v) is 8.37. The predicted molar refractivity (Wildman–Crippen MR) is 87.4 cm³/mol. The van der Waals surface area contributed by atoms with Crippen molar-refractivity contribution in [1.29, 1.82) is 5.26 Å². The summed E-state index contributed by atoms with van der Waals surface area (Å²) < 4.78 is 0. The van der Waals surface area contributed by atoms with Gasteiger partial charge < -0.3 is 5.73 Å². The first-order valence-electron chi connectivity index (χ1n) is 7.38. The fourth-order valence-electron chi connectivity index (χ4n) is 2.50. The lowest BCUT2D eigenvalue weighted by Gasteiger charge is -2.25. The first-order chi connectivity index (χ1) is 10.7. The molecule has 2 aromatic heterocycles. The summed E-state index contributed by atoms with van der Waals surface area (Å²) in [6, 6.07) is 4.13. The zero-order valence-corrected chi connectivity index (χ0v) is 13.2. The summed E-state index contributed by atoms with van der Waals surface area (Å²) in [5.41, 5.74) is 8.96. The zero-order chi connectivity index (χ0) is 15.5. The summed E-state index contributed by atoms with van der Waals surface area (Å²) in [6.07, 6.45) is 7.02. The van der Waals surface area contributed by atoms with Crippen LogP contribution < -0.4 is 5.73 Å². The van der Waals surface area contributed by atoms with Crippen LogP contribution in [-0.4, -0.2) is 20.7 Å². The van der Waals surface area contributed by atoms with Crippen molar-refractivity contribution in [2.45, 2.75) is 37.3 Å². The molecule has 1 aliphatic carbocycles. The number of hydrogen-bond donors (Lipinski definition) is 1. The molecule has 0 bridgehead atoms. The van der Waals surface area contributed by atoms with Gasteiger partial charge in [-0.05, 0) is 24.7 Å². The fraction of sp³-hybridized carbons (Fsp3) is 0.375. The van der Waals surface area contributed by atoms with Gasteiger partial charge in [0.25, 0.3) is 0 Å². The molecule has 0 unspecified atom stereocenters. The maximum absolute atomic E-state index is 9.39. The Morgan fingerprint density at radius 2 is 2.09 bits per heavy atom. The smallest absolute Gasteiger partial charge is 0.187 e. The summed E-state index contributed by atoms with van der Waals surface area (Å²) in [5.74, 6) is 1.69. The normalized spacial score (nSPS) is 14.4. The fourth-order valence-corrected chi connectivity index (χ4v) is 3.02. The van der Waals surface area contributed by atoms with Crippen LogP contribution in [0.5, 0.6) is 0 Å². The lowest BCUT2D eigenvalue weighted by atomic mass is 9.82. The third-order valence-corrected chi connectivity index (χ3v) is 4.67. The van der Waals surface area contributed by atoms with Crippen LogP contribution in [-0.2, 0) is 0 Å². The van der Waals surface area contributed by atoms with Gasteiger partial charge in [0, 0.05) is 35.1 Å². The van der Waals surface area contributed by atoms with E-state index in [4.69, 9.17) is 5.73 Å². The Hall–Kier alpha value is -2.13. The Balaban J connectivity index is 2.03. The van der Waals surface area contributed by atoms with Crippen LogP contribution in [0, 0.1) is 11.3 Å². The van der Waals surface area contributed by atoms with E-state index in [0.29, 0.717) is 17.3 Å². The standard InChI is InChI=1S/C16H17N5S/c1-2-22-16-19-8-11(9-20-16)12-6-14(10-4-3-5-10)21-15(18)13(12)7-17/h6,8-10H,2-5H2,1H3,(H2,18,21). The number of anilines is 1. The van der Waals surface area contributed by atoms with E-state index < -0.39 is 0 Å². The van der Waals surface area contributed by atoms with E-state index in [9.17, 15) is 5.26 Å². The zero-order valence-electron chi connectivity index (χ0n) is 12.4. The molecule has 22 heavy (non-hydrogen) atoms. The average Bonchev–Trinajstić information content (AvgIpc) is 2.46. The highest BCUT2D eigenvalue weighted by Crippen LogP contribution is 2.38. The molecule has 112 valence electrons. The topological polar surface area (TPSA) is 88.5 Å². The van der Waals surface area contributed by atoms with Crippen LogP contribution in [0.1, 0.15) is 43.4 Å². The van der Waals surface area contributed by atoms with Crippen LogP contribution in [0.2, 0.25) is 0 Å². The van der Waals surface area contributed by atoms with Gasteiger partial charge in [-0.15, -0.1) is 0 Å². The Kier molecular flexibility index (Phi) is 4.25. The molecule has 2 N–H and O–H groups in total. The van der Waals surface area contributed by atoms with Crippen molar-refractivity contribution in [2.24, 2.45) is 0 Å². The summed E-state index contributed by atoms with van der Waals surface area (Å²) in [7, 11) is 0. The van der Waals surface area contributed by atoms with Crippen LogP contribution in [0.25, 0.3) is 11.1 Å². The van der Waals surface area contributed by atoms with Crippen molar-refractivity contribution >= 4 is 17.6 Å². The highest BCUT2D eigenvalue weighted by atomic mass is 32.2. The van der Waals surface area contributed by atoms with Gasteiger partial charge in [0.15, 0.2) is 5.16 Å². The van der Waals surface area contributed by atoms with E-state index in [1.807, 2.05) is 6.07 Å². The van der Waals surface area contributed by atoms with Crippen molar-refractivity contribution < 1.29 is 0 Å². The Bertz CT molecular complexity index is 717. The van der Waals surface area contributed by atoms with Crippen molar-refractivity contribution in [3.63, 3.8) is 0 Å². The largest absolute Gasteiger partial charge is 0.383 e. The molecule has 1 saturated carbocycles. The summed E-state index contributed by atoms with van der Waals surface area (Å²) in [5, 5.41) is 10.1. The first kappa shape index (κ1) is 14.8. The number of nitrogens with two attached hydrogens (primary N) is 1. The molecule has 0 amide bonds.